The van der Waals surface area contributed by atoms with Crippen molar-refractivity contribution in [3.8, 4) is 0 Å². The van der Waals surface area contributed by atoms with E-state index in [4.69, 9.17) is 15.2 Å². The second-order valence-corrected chi connectivity index (χ2v) is 5.02. The Morgan fingerprint density at radius 2 is 2.06 bits per heavy atom. The summed E-state index contributed by atoms with van der Waals surface area (Å²) in [4.78, 5) is 11.5. The molecule has 0 aromatic heterocycles. The molecule has 2 N–H and O–H groups in total. The molecular formula is C12H21NO3. The Kier molecular flexibility index (Phi) is 4.50. The number of carbonyl (C=O) groups is 1. The molecule has 0 spiro atoms. The number of hydrogen-bond donors (Lipinski definition) is 1. The summed E-state index contributed by atoms with van der Waals surface area (Å²) in [6, 6.07) is -0.0108. The molecule has 0 saturated carbocycles. The number of hydrogen-bond acceptors (Lipinski definition) is 4. The van der Waals surface area contributed by atoms with E-state index >= 15 is 0 Å². The van der Waals surface area contributed by atoms with Crippen LogP contribution >= 0.6 is 0 Å². The first-order chi connectivity index (χ1) is 7.38. The Hall–Kier alpha value is -0.870. The lowest BCUT2D eigenvalue weighted by atomic mass is 10.1. The Morgan fingerprint density at radius 1 is 1.38 bits per heavy atom. The molecule has 0 heterocycles. The molecule has 16 heavy (non-hydrogen) atoms. The fourth-order valence-corrected chi connectivity index (χ4v) is 1.50. The predicted molar refractivity (Wildman–Crippen MR) is 61.9 cm³/mol. The van der Waals surface area contributed by atoms with Crippen molar-refractivity contribution in [2.75, 3.05) is 13.2 Å². The second-order valence-electron chi connectivity index (χ2n) is 5.02. The minimum Gasteiger partial charge on any atom is -0.463 e. The Bertz CT molecular complexity index is 268. The van der Waals surface area contributed by atoms with Gasteiger partial charge in [0.05, 0.1) is 18.1 Å². The second kappa shape index (κ2) is 5.46. The van der Waals surface area contributed by atoms with Crippen LogP contribution in [-0.4, -0.2) is 30.8 Å². The van der Waals surface area contributed by atoms with E-state index in [-0.39, 0.29) is 23.5 Å². The van der Waals surface area contributed by atoms with E-state index in [9.17, 15) is 4.79 Å². The van der Waals surface area contributed by atoms with Gasteiger partial charge in [0.15, 0.2) is 0 Å². The maximum Gasteiger partial charge on any atom is 0.312 e. The summed E-state index contributed by atoms with van der Waals surface area (Å²) in [5.74, 6) is -0.383. The smallest absolute Gasteiger partial charge is 0.312 e. The van der Waals surface area contributed by atoms with E-state index in [0.29, 0.717) is 19.6 Å². The van der Waals surface area contributed by atoms with Gasteiger partial charge in [0, 0.05) is 6.04 Å². The molecule has 0 aromatic carbocycles. The SMILES string of the molecule is CC(C)(C)OCCOC(=O)C1C=CC(N)C1. The molecule has 0 saturated heterocycles. The fraction of sp³-hybridized carbons (Fsp3) is 0.750. The number of ether oxygens (including phenoxy) is 2. The monoisotopic (exact) mass is 227 g/mol. The number of carbonyl (C=O) groups excluding carboxylic acids is 1. The lowest BCUT2D eigenvalue weighted by Crippen LogP contribution is -2.25. The van der Waals surface area contributed by atoms with Gasteiger partial charge in [0.25, 0.3) is 0 Å². The van der Waals surface area contributed by atoms with Crippen molar-refractivity contribution in [3.63, 3.8) is 0 Å². The Morgan fingerprint density at radius 3 is 2.56 bits per heavy atom. The van der Waals surface area contributed by atoms with Crippen molar-refractivity contribution in [1.29, 1.82) is 0 Å². The molecule has 4 nitrogen and oxygen atoms in total. The van der Waals surface area contributed by atoms with Gasteiger partial charge in [-0.2, -0.15) is 0 Å². The van der Waals surface area contributed by atoms with Crippen LogP contribution in [0.4, 0.5) is 0 Å². The first kappa shape index (κ1) is 13.2. The zero-order valence-corrected chi connectivity index (χ0v) is 10.2. The molecule has 0 fully saturated rings. The molecule has 0 bridgehead atoms. The zero-order chi connectivity index (χ0) is 12.2. The summed E-state index contributed by atoms with van der Waals surface area (Å²) in [5.41, 5.74) is 5.46. The summed E-state index contributed by atoms with van der Waals surface area (Å²) in [6.07, 6.45) is 4.31. The van der Waals surface area contributed by atoms with Crippen LogP contribution in [0.5, 0.6) is 0 Å². The molecule has 2 atom stereocenters. The molecule has 0 radical (unpaired) electrons. The Labute approximate surface area is 96.8 Å². The highest BCUT2D eigenvalue weighted by Crippen LogP contribution is 2.17. The lowest BCUT2D eigenvalue weighted by molar-refractivity contribution is -0.150. The third-order valence-electron chi connectivity index (χ3n) is 2.28. The lowest BCUT2D eigenvalue weighted by Gasteiger charge is -2.19. The first-order valence-electron chi connectivity index (χ1n) is 5.63. The maximum absolute atomic E-state index is 11.5. The molecule has 92 valence electrons. The van der Waals surface area contributed by atoms with E-state index in [2.05, 4.69) is 0 Å². The highest BCUT2D eigenvalue weighted by Gasteiger charge is 2.23. The normalized spacial score (nSPS) is 24.8. The van der Waals surface area contributed by atoms with E-state index in [1.165, 1.54) is 0 Å². The van der Waals surface area contributed by atoms with Gasteiger partial charge in [-0.15, -0.1) is 0 Å². The van der Waals surface area contributed by atoms with Gasteiger partial charge in [-0.1, -0.05) is 12.2 Å². The first-order valence-corrected chi connectivity index (χ1v) is 5.63. The van der Waals surface area contributed by atoms with Crippen LogP contribution in [0.1, 0.15) is 27.2 Å². The number of esters is 1. The van der Waals surface area contributed by atoms with Gasteiger partial charge >= 0.3 is 5.97 Å². The third kappa shape index (κ3) is 4.77. The van der Waals surface area contributed by atoms with Crippen LogP contribution in [0, 0.1) is 5.92 Å². The minimum absolute atomic E-state index is 0.0108. The van der Waals surface area contributed by atoms with Crippen molar-refractivity contribution in [2.24, 2.45) is 11.7 Å². The molecule has 0 aliphatic heterocycles. The van der Waals surface area contributed by atoms with Gasteiger partial charge in [0.2, 0.25) is 0 Å². The fourth-order valence-electron chi connectivity index (χ4n) is 1.50. The van der Waals surface area contributed by atoms with Crippen molar-refractivity contribution in [1.82, 2.24) is 0 Å². The quantitative estimate of drug-likeness (QED) is 0.446. The van der Waals surface area contributed by atoms with Crippen molar-refractivity contribution >= 4 is 5.97 Å². The number of rotatable bonds is 4. The van der Waals surface area contributed by atoms with Gasteiger partial charge in [-0.05, 0) is 27.2 Å². The molecule has 2 unspecified atom stereocenters. The van der Waals surface area contributed by atoms with Crippen molar-refractivity contribution < 1.29 is 14.3 Å². The molecule has 4 heteroatoms. The van der Waals surface area contributed by atoms with Gasteiger partial charge < -0.3 is 15.2 Å². The van der Waals surface area contributed by atoms with Crippen LogP contribution in [0.2, 0.25) is 0 Å². The summed E-state index contributed by atoms with van der Waals surface area (Å²) >= 11 is 0. The molecule has 1 aliphatic carbocycles. The van der Waals surface area contributed by atoms with Gasteiger partial charge in [-0.3, -0.25) is 4.79 Å². The topological polar surface area (TPSA) is 61.5 Å². The summed E-state index contributed by atoms with van der Waals surface area (Å²) in [6.45, 7) is 6.63. The van der Waals surface area contributed by atoms with E-state index in [0.717, 1.165) is 0 Å². The molecule has 0 amide bonds. The highest BCUT2D eigenvalue weighted by atomic mass is 16.6. The van der Waals surface area contributed by atoms with Crippen LogP contribution in [0.25, 0.3) is 0 Å². The highest BCUT2D eigenvalue weighted by molar-refractivity contribution is 5.75. The average Bonchev–Trinajstić information content (AvgIpc) is 2.57. The Balaban J connectivity index is 2.14. The van der Waals surface area contributed by atoms with E-state index in [1.54, 1.807) is 0 Å². The minimum atomic E-state index is -0.207. The molecule has 1 rings (SSSR count). The summed E-state index contributed by atoms with van der Waals surface area (Å²) in [5, 5.41) is 0. The standard InChI is InChI=1S/C12H21NO3/c1-12(2,3)16-7-6-15-11(14)9-4-5-10(13)8-9/h4-5,9-10H,6-8,13H2,1-3H3. The average molecular weight is 227 g/mol. The summed E-state index contributed by atoms with van der Waals surface area (Å²) < 4.78 is 10.5. The van der Waals surface area contributed by atoms with Crippen LogP contribution < -0.4 is 5.73 Å². The van der Waals surface area contributed by atoms with Crippen molar-refractivity contribution in [2.45, 2.75) is 38.8 Å². The van der Waals surface area contributed by atoms with E-state index < -0.39 is 0 Å². The summed E-state index contributed by atoms with van der Waals surface area (Å²) in [7, 11) is 0. The predicted octanol–water partition coefficient (Wildman–Crippen LogP) is 1.25. The van der Waals surface area contributed by atoms with E-state index in [1.807, 2.05) is 32.9 Å². The van der Waals surface area contributed by atoms with Crippen LogP contribution in [0.3, 0.4) is 0 Å². The largest absolute Gasteiger partial charge is 0.463 e. The maximum atomic E-state index is 11.5. The van der Waals surface area contributed by atoms with Crippen LogP contribution in [-0.2, 0) is 14.3 Å². The van der Waals surface area contributed by atoms with Crippen LogP contribution in [0.15, 0.2) is 12.2 Å². The van der Waals surface area contributed by atoms with Crippen molar-refractivity contribution in [3.05, 3.63) is 12.2 Å². The van der Waals surface area contributed by atoms with Gasteiger partial charge in [-0.25, -0.2) is 0 Å². The van der Waals surface area contributed by atoms with Gasteiger partial charge in [0.1, 0.15) is 6.61 Å². The molecule has 0 aromatic rings. The molecular weight excluding hydrogens is 206 g/mol. The number of nitrogens with two attached hydrogens (primary N) is 1. The third-order valence-corrected chi connectivity index (χ3v) is 2.28. The zero-order valence-electron chi connectivity index (χ0n) is 10.2. The molecule has 1 aliphatic rings.